The van der Waals surface area contributed by atoms with Crippen molar-refractivity contribution in [2.45, 2.75) is 31.8 Å². The number of carbonyl (C=O) groups is 1. The van der Waals surface area contributed by atoms with Gasteiger partial charge in [0.1, 0.15) is 22.3 Å². The number of carboxylic acid groups (broad SMARTS) is 1. The Hall–Kier alpha value is -3.40. The monoisotopic (exact) mass is 414 g/mol. The number of carboxylic acids is 1. The molecule has 9 nitrogen and oxygen atoms in total. The summed E-state index contributed by atoms with van der Waals surface area (Å²) in [6.07, 6.45) is 3.00. The molecule has 1 aromatic carbocycles. The van der Waals surface area contributed by atoms with Gasteiger partial charge in [0.15, 0.2) is 0 Å². The molecule has 3 aromatic rings. The number of aromatic amines is 1. The second-order valence-corrected chi connectivity index (χ2v) is 7.20. The molecule has 0 aliphatic carbocycles. The Bertz CT molecular complexity index is 1090. The zero-order valence-electron chi connectivity index (χ0n) is 15.7. The van der Waals surface area contributed by atoms with Gasteiger partial charge in [0.2, 0.25) is 5.16 Å². The maximum absolute atomic E-state index is 11.6. The van der Waals surface area contributed by atoms with Gasteiger partial charge in [0, 0.05) is 30.2 Å². The highest BCUT2D eigenvalue weighted by Gasteiger charge is 2.16. The predicted molar refractivity (Wildman–Crippen MR) is 107 cm³/mol. The van der Waals surface area contributed by atoms with Crippen LogP contribution in [0.3, 0.4) is 0 Å². The number of benzene rings is 1. The van der Waals surface area contributed by atoms with Crippen LogP contribution in [0.15, 0.2) is 44.8 Å². The number of hydrogen-bond acceptors (Lipinski definition) is 7. The Morgan fingerprint density at radius 3 is 2.86 bits per heavy atom. The van der Waals surface area contributed by atoms with Gasteiger partial charge in [-0.05, 0) is 42.8 Å². The van der Waals surface area contributed by atoms with Gasteiger partial charge in [-0.25, -0.2) is 9.78 Å². The SMILES string of the molecule is CCCc1nc(S/C(=C\c2ccc(-c3cc([N+](=O)[O-])ccc3C)o2)C(=O)O)n[nH]1. The fraction of sp³-hybridized carbons (Fsp3) is 0.211. The largest absolute Gasteiger partial charge is 0.477 e. The third kappa shape index (κ3) is 4.91. The topological polar surface area (TPSA) is 135 Å². The van der Waals surface area contributed by atoms with E-state index >= 15 is 0 Å². The smallest absolute Gasteiger partial charge is 0.342 e. The minimum Gasteiger partial charge on any atom is -0.477 e. The van der Waals surface area contributed by atoms with Crippen LogP contribution in [-0.4, -0.2) is 31.2 Å². The van der Waals surface area contributed by atoms with Crippen LogP contribution < -0.4 is 0 Å². The molecule has 29 heavy (non-hydrogen) atoms. The Labute approximate surface area is 170 Å². The Morgan fingerprint density at radius 2 is 2.17 bits per heavy atom. The minimum absolute atomic E-state index is 0.0105. The van der Waals surface area contributed by atoms with Crippen LogP contribution in [0.2, 0.25) is 0 Å². The normalized spacial score (nSPS) is 11.6. The van der Waals surface area contributed by atoms with Gasteiger partial charge in [-0.1, -0.05) is 13.0 Å². The number of aliphatic carboxylic acids is 1. The van der Waals surface area contributed by atoms with Crippen LogP contribution in [0, 0.1) is 17.0 Å². The van der Waals surface area contributed by atoms with E-state index in [4.69, 9.17) is 4.42 Å². The summed E-state index contributed by atoms with van der Waals surface area (Å²) in [6, 6.07) is 7.75. The summed E-state index contributed by atoms with van der Waals surface area (Å²) < 4.78 is 5.72. The minimum atomic E-state index is -1.14. The molecule has 0 saturated carbocycles. The number of rotatable bonds is 8. The van der Waals surface area contributed by atoms with Crippen molar-refractivity contribution in [2.24, 2.45) is 0 Å². The number of furan rings is 1. The maximum atomic E-state index is 11.6. The molecule has 0 bridgehead atoms. The van der Waals surface area contributed by atoms with Crippen LogP contribution in [0.4, 0.5) is 5.69 Å². The molecule has 2 aromatic heterocycles. The molecule has 0 radical (unpaired) electrons. The van der Waals surface area contributed by atoms with Crippen molar-refractivity contribution in [3.05, 3.63) is 62.5 Å². The summed E-state index contributed by atoms with van der Waals surface area (Å²) in [5.41, 5.74) is 1.33. The average molecular weight is 414 g/mol. The van der Waals surface area contributed by atoms with Gasteiger partial charge >= 0.3 is 5.97 Å². The molecule has 10 heteroatoms. The van der Waals surface area contributed by atoms with Crippen molar-refractivity contribution >= 4 is 29.5 Å². The van der Waals surface area contributed by atoms with Crippen LogP contribution in [-0.2, 0) is 11.2 Å². The lowest BCUT2D eigenvalue weighted by molar-refractivity contribution is -0.384. The molecule has 3 rings (SSSR count). The Morgan fingerprint density at radius 1 is 1.38 bits per heavy atom. The first kappa shape index (κ1) is 20.3. The van der Waals surface area contributed by atoms with Gasteiger partial charge in [-0.3, -0.25) is 15.2 Å². The Balaban J connectivity index is 1.87. The van der Waals surface area contributed by atoms with Crippen LogP contribution in [0.25, 0.3) is 17.4 Å². The van der Waals surface area contributed by atoms with E-state index in [0.29, 0.717) is 28.1 Å². The molecular formula is C19H18N4O5S. The van der Waals surface area contributed by atoms with E-state index < -0.39 is 10.9 Å². The molecule has 2 N–H and O–H groups in total. The second kappa shape index (κ2) is 8.74. The van der Waals surface area contributed by atoms with E-state index in [2.05, 4.69) is 15.2 Å². The van der Waals surface area contributed by atoms with Gasteiger partial charge in [-0.2, -0.15) is 0 Å². The summed E-state index contributed by atoms with van der Waals surface area (Å²) in [7, 11) is 0. The second-order valence-electron chi connectivity index (χ2n) is 6.19. The van der Waals surface area contributed by atoms with Crippen LogP contribution >= 0.6 is 11.8 Å². The lowest BCUT2D eigenvalue weighted by Gasteiger charge is -2.02. The van der Waals surface area contributed by atoms with E-state index in [1.54, 1.807) is 18.2 Å². The molecule has 150 valence electrons. The van der Waals surface area contributed by atoms with Crippen molar-refractivity contribution in [1.29, 1.82) is 0 Å². The predicted octanol–water partition coefficient (Wildman–Crippen LogP) is 4.45. The third-order valence-corrected chi connectivity index (χ3v) is 4.89. The highest BCUT2D eigenvalue weighted by atomic mass is 32.2. The summed E-state index contributed by atoms with van der Waals surface area (Å²) in [6.45, 7) is 3.82. The first-order valence-corrected chi connectivity index (χ1v) is 9.58. The first-order chi connectivity index (χ1) is 13.9. The number of nitrogens with one attached hydrogen (secondary N) is 1. The third-order valence-electron chi connectivity index (χ3n) is 4.01. The highest BCUT2D eigenvalue weighted by molar-refractivity contribution is 8.04. The number of nitro benzene ring substituents is 1. The summed E-state index contributed by atoms with van der Waals surface area (Å²) in [4.78, 5) is 26.4. The molecule has 0 aliphatic rings. The van der Waals surface area contributed by atoms with Gasteiger partial charge < -0.3 is 9.52 Å². The van der Waals surface area contributed by atoms with Crippen molar-refractivity contribution in [1.82, 2.24) is 15.2 Å². The average Bonchev–Trinajstić information content (AvgIpc) is 3.31. The molecule has 2 heterocycles. The molecule has 0 spiro atoms. The molecule has 0 unspecified atom stereocenters. The standard InChI is InChI=1S/C19H18N4O5S/c1-3-4-17-20-19(22-21-17)29-16(18(24)25)10-13-7-8-15(28-13)14-9-12(23(26)27)6-5-11(14)2/h5-10H,3-4H2,1-2H3,(H,24,25)(H,20,21,22)/b16-10-. The van der Waals surface area contributed by atoms with Gasteiger partial charge in [0.25, 0.3) is 5.69 Å². The summed E-state index contributed by atoms with van der Waals surface area (Å²) in [5.74, 6) is 0.276. The zero-order chi connectivity index (χ0) is 21.0. The highest BCUT2D eigenvalue weighted by Crippen LogP contribution is 2.31. The molecule has 0 saturated heterocycles. The van der Waals surface area contributed by atoms with Crippen molar-refractivity contribution in [2.75, 3.05) is 0 Å². The number of hydrogen-bond donors (Lipinski definition) is 2. The van der Waals surface area contributed by atoms with E-state index in [0.717, 1.165) is 30.2 Å². The fourth-order valence-electron chi connectivity index (χ4n) is 2.60. The maximum Gasteiger partial charge on any atom is 0.342 e. The van der Waals surface area contributed by atoms with Crippen LogP contribution in [0.1, 0.15) is 30.5 Å². The van der Waals surface area contributed by atoms with E-state index in [1.807, 2.05) is 13.8 Å². The van der Waals surface area contributed by atoms with E-state index in [1.165, 1.54) is 18.2 Å². The number of aryl methyl sites for hydroxylation is 2. The number of aromatic nitrogens is 3. The Kier molecular flexibility index (Phi) is 6.13. The van der Waals surface area contributed by atoms with E-state index in [-0.39, 0.29) is 10.6 Å². The van der Waals surface area contributed by atoms with Gasteiger partial charge in [-0.15, -0.1) is 5.10 Å². The molecule has 0 aliphatic heterocycles. The molecule has 0 amide bonds. The number of H-pyrrole nitrogens is 1. The summed E-state index contributed by atoms with van der Waals surface area (Å²) >= 11 is 0.912. The number of nitro groups is 1. The van der Waals surface area contributed by atoms with Crippen molar-refractivity contribution in [3.63, 3.8) is 0 Å². The molecular weight excluding hydrogens is 396 g/mol. The lowest BCUT2D eigenvalue weighted by atomic mass is 10.1. The number of non-ortho nitro benzene ring substituents is 1. The number of nitrogens with zero attached hydrogens (tertiary/aromatic N) is 3. The lowest BCUT2D eigenvalue weighted by Crippen LogP contribution is -1.97. The summed E-state index contributed by atoms with van der Waals surface area (Å²) in [5, 5.41) is 27.6. The van der Waals surface area contributed by atoms with Crippen LogP contribution in [0.5, 0.6) is 0 Å². The first-order valence-electron chi connectivity index (χ1n) is 8.76. The fourth-order valence-corrected chi connectivity index (χ4v) is 3.30. The van der Waals surface area contributed by atoms with Gasteiger partial charge in [0.05, 0.1) is 4.92 Å². The molecule has 0 atom stereocenters. The zero-order valence-corrected chi connectivity index (χ0v) is 16.5. The van der Waals surface area contributed by atoms with Crippen molar-refractivity contribution < 1.29 is 19.2 Å². The quantitative estimate of drug-likeness (QED) is 0.239. The van der Waals surface area contributed by atoms with Crippen molar-refractivity contribution in [3.8, 4) is 11.3 Å². The number of thioether (sulfide) groups is 1. The molecule has 0 fully saturated rings. The van der Waals surface area contributed by atoms with E-state index in [9.17, 15) is 20.0 Å².